The van der Waals surface area contributed by atoms with E-state index in [4.69, 9.17) is 5.73 Å². The molecule has 2 heteroatoms. The van der Waals surface area contributed by atoms with Crippen molar-refractivity contribution in [2.45, 2.75) is 38.6 Å². The number of fused-ring (bicyclic) bond motifs is 1. The number of unbranched alkanes of at least 4 members (excludes halogenated alkanes) is 2. The van der Waals surface area contributed by atoms with E-state index in [1.54, 1.807) is 12.1 Å². The summed E-state index contributed by atoms with van der Waals surface area (Å²) in [6, 6.07) is 11.8. The van der Waals surface area contributed by atoms with Gasteiger partial charge >= 0.3 is 0 Å². The minimum absolute atomic E-state index is 0.120. The number of phenols is 1. The fraction of sp³-hybridized carbons (Fsp3) is 0.375. The van der Waals surface area contributed by atoms with Crippen molar-refractivity contribution in [1.82, 2.24) is 0 Å². The SMILES string of the molecule is CCCCC[C@@H](N)c1ccc2cc(O)ccc2c1. The van der Waals surface area contributed by atoms with Gasteiger partial charge in [-0.3, -0.25) is 0 Å². The third-order valence-corrected chi connectivity index (χ3v) is 3.39. The highest BCUT2D eigenvalue weighted by Crippen LogP contribution is 2.25. The second-order valence-electron chi connectivity index (χ2n) is 4.89. The molecule has 0 aliphatic carbocycles. The summed E-state index contributed by atoms with van der Waals surface area (Å²) in [5, 5.41) is 11.6. The fourth-order valence-electron chi connectivity index (χ4n) is 2.26. The highest BCUT2D eigenvalue weighted by molar-refractivity contribution is 5.84. The minimum Gasteiger partial charge on any atom is -0.508 e. The molecule has 0 aliphatic rings. The fourth-order valence-corrected chi connectivity index (χ4v) is 2.26. The molecule has 0 fully saturated rings. The summed E-state index contributed by atoms with van der Waals surface area (Å²) in [6.07, 6.45) is 4.70. The average molecular weight is 243 g/mol. The molecule has 18 heavy (non-hydrogen) atoms. The van der Waals surface area contributed by atoms with Crippen molar-refractivity contribution in [3.63, 3.8) is 0 Å². The molecule has 0 aliphatic heterocycles. The predicted molar refractivity (Wildman–Crippen MR) is 76.7 cm³/mol. The maximum Gasteiger partial charge on any atom is 0.116 e. The minimum atomic E-state index is 0.120. The Bertz CT molecular complexity index is 521. The molecular weight excluding hydrogens is 222 g/mol. The molecule has 0 saturated carbocycles. The maximum absolute atomic E-state index is 9.43. The summed E-state index contributed by atoms with van der Waals surface area (Å²) in [5.41, 5.74) is 7.39. The highest BCUT2D eigenvalue weighted by atomic mass is 16.3. The molecule has 0 heterocycles. The van der Waals surface area contributed by atoms with Crippen LogP contribution in [-0.2, 0) is 0 Å². The van der Waals surface area contributed by atoms with Crippen molar-refractivity contribution in [3.8, 4) is 5.75 Å². The second-order valence-corrected chi connectivity index (χ2v) is 4.89. The lowest BCUT2D eigenvalue weighted by Crippen LogP contribution is -2.09. The Balaban J connectivity index is 2.16. The summed E-state index contributed by atoms with van der Waals surface area (Å²) in [7, 11) is 0. The van der Waals surface area contributed by atoms with Crippen molar-refractivity contribution >= 4 is 10.8 Å². The normalized spacial score (nSPS) is 12.8. The number of hydrogen-bond donors (Lipinski definition) is 2. The molecule has 96 valence electrons. The van der Waals surface area contributed by atoms with Crippen LogP contribution in [0.15, 0.2) is 36.4 Å². The van der Waals surface area contributed by atoms with Crippen molar-refractivity contribution in [1.29, 1.82) is 0 Å². The molecule has 0 radical (unpaired) electrons. The largest absolute Gasteiger partial charge is 0.508 e. The van der Waals surface area contributed by atoms with Crippen LogP contribution in [0.4, 0.5) is 0 Å². The molecule has 0 unspecified atom stereocenters. The lowest BCUT2D eigenvalue weighted by Gasteiger charge is -2.12. The molecule has 2 nitrogen and oxygen atoms in total. The first-order valence-electron chi connectivity index (χ1n) is 6.69. The molecule has 0 saturated heterocycles. The number of rotatable bonds is 5. The van der Waals surface area contributed by atoms with Gasteiger partial charge in [-0.15, -0.1) is 0 Å². The van der Waals surface area contributed by atoms with Crippen LogP contribution in [0.1, 0.15) is 44.2 Å². The molecule has 3 N–H and O–H groups in total. The van der Waals surface area contributed by atoms with Crippen LogP contribution in [0.25, 0.3) is 10.8 Å². The Morgan fingerprint density at radius 1 is 1.06 bits per heavy atom. The lowest BCUT2D eigenvalue weighted by atomic mass is 9.98. The topological polar surface area (TPSA) is 46.2 Å². The van der Waals surface area contributed by atoms with Crippen LogP contribution in [0.5, 0.6) is 5.75 Å². The van der Waals surface area contributed by atoms with E-state index in [0.29, 0.717) is 5.75 Å². The van der Waals surface area contributed by atoms with E-state index in [1.165, 1.54) is 24.8 Å². The van der Waals surface area contributed by atoms with Crippen molar-refractivity contribution in [3.05, 3.63) is 42.0 Å². The molecule has 2 aromatic carbocycles. The summed E-state index contributed by atoms with van der Waals surface area (Å²) < 4.78 is 0. The van der Waals surface area contributed by atoms with Crippen LogP contribution in [-0.4, -0.2) is 5.11 Å². The zero-order valence-corrected chi connectivity index (χ0v) is 10.9. The number of phenolic OH excluding ortho intramolecular Hbond substituents is 1. The molecule has 1 atom stereocenters. The summed E-state index contributed by atoms with van der Waals surface area (Å²) >= 11 is 0. The molecular formula is C16H21NO. The van der Waals surface area contributed by atoms with Crippen molar-refractivity contribution in [2.75, 3.05) is 0 Å². The van der Waals surface area contributed by atoms with Crippen LogP contribution >= 0.6 is 0 Å². The predicted octanol–water partition coefficient (Wildman–Crippen LogP) is 4.13. The van der Waals surface area contributed by atoms with E-state index in [9.17, 15) is 5.11 Å². The van der Waals surface area contributed by atoms with E-state index < -0.39 is 0 Å². The van der Waals surface area contributed by atoms with E-state index in [-0.39, 0.29) is 6.04 Å². The number of hydrogen-bond acceptors (Lipinski definition) is 2. The van der Waals surface area contributed by atoms with Gasteiger partial charge in [-0.05, 0) is 41.0 Å². The van der Waals surface area contributed by atoms with Gasteiger partial charge in [0.15, 0.2) is 0 Å². The Labute approximate surface area is 108 Å². The standard InChI is InChI=1S/C16H21NO/c1-2-3-4-5-16(17)14-7-6-13-11-15(18)9-8-12(13)10-14/h6-11,16,18H,2-5,17H2,1H3/t16-/m1/s1. The van der Waals surface area contributed by atoms with Gasteiger partial charge in [-0.2, -0.15) is 0 Å². The third-order valence-electron chi connectivity index (χ3n) is 3.39. The van der Waals surface area contributed by atoms with Gasteiger partial charge in [-0.1, -0.05) is 44.4 Å². The van der Waals surface area contributed by atoms with Gasteiger partial charge < -0.3 is 10.8 Å². The molecule has 0 bridgehead atoms. The summed E-state index contributed by atoms with van der Waals surface area (Å²) in [6.45, 7) is 2.20. The maximum atomic E-state index is 9.43. The average Bonchev–Trinajstić information content (AvgIpc) is 2.38. The Morgan fingerprint density at radius 3 is 2.56 bits per heavy atom. The molecule has 0 spiro atoms. The Kier molecular flexibility index (Phi) is 4.21. The Morgan fingerprint density at radius 2 is 1.78 bits per heavy atom. The van der Waals surface area contributed by atoms with Crippen molar-refractivity contribution in [2.24, 2.45) is 5.73 Å². The molecule has 2 rings (SSSR count). The van der Waals surface area contributed by atoms with E-state index in [2.05, 4.69) is 19.1 Å². The van der Waals surface area contributed by atoms with Gasteiger partial charge in [0.2, 0.25) is 0 Å². The van der Waals surface area contributed by atoms with Crippen molar-refractivity contribution < 1.29 is 5.11 Å². The first-order valence-corrected chi connectivity index (χ1v) is 6.69. The van der Waals surface area contributed by atoms with Gasteiger partial charge in [-0.25, -0.2) is 0 Å². The number of benzene rings is 2. The summed E-state index contributed by atoms with van der Waals surface area (Å²) in [5.74, 6) is 0.308. The van der Waals surface area contributed by atoms with Crippen LogP contribution in [0.2, 0.25) is 0 Å². The van der Waals surface area contributed by atoms with Gasteiger partial charge in [0.05, 0.1) is 0 Å². The van der Waals surface area contributed by atoms with Crippen LogP contribution < -0.4 is 5.73 Å². The lowest BCUT2D eigenvalue weighted by molar-refractivity contribution is 0.476. The molecule has 0 amide bonds. The quantitative estimate of drug-likeness (QED) is 0.776. The molecule has 0 aromatic heterocycles. The Hall–Kier alpha value is -1.54. The summed E-state index contributed by atoms with van der Waals surface area (Å²) in [4.78, 5) is 0. The zero-order chi connectivity index (χ0) is 13.0. The molecule has 2 aromatic rings. The van der Waals surface area contributed by atoms with E-state index in [1.807, 2.05) is 12.1 Å². The number of aromatic hydroxyl groups is 1. The van der Waals surface area contributed by atoms with E-state index in [0.717, 1.165) is 17.2 Å². The monoisotopic (exact) mass is 243 g/mol. The van der Waals surface area contributed by atoms with Crippen LogP contribution in [0.3, 0.4) is 0 Å². The first kappa shape index (κ1) is 12.9. The third kappa shape index (κ3) is 3.02. The smallest absolute Gasteiger partial charge is 0.116 e. The van der Waals surface area contributed by atoms with E-state index >= 15 is 0 Å². The van der Waals surface area contributed by atoms with Gasteiger partial charge in [0.25, 0.3) is 0 Å². The van der Waals surface area contributed by atoms with Gasteiger partial charge in [0.1, 0.15) is 5.75 Å². The second kappa shape index (κ2) is 5.87. The highest BCUT2D eigenvalue weighted by Gasteiger charge is 2.06. The van der Waals surface area contributed by atoms with Gasteiger partial charge in [0, 0.05) is 6.04 Å². The van der Waals surface area contributed by atoms with Crippen LogP contribution in [0, 0.1) is 0 Å². The number of nitrogens with two attached hydrogens (primary N) is 1. The zero-order valence-electron chi connectivity index (χ0n) is 10.9. The first-order chi connectivity index (χ1) is 8.70.